The van der Waals surface area contributed by atoms with Gasteiger partial charge in [0.2, 0.25) is 0 Å². The number of carbonyl (C=O) groups is 1. The Labute approximate surface area is 154 Å². The summed E-state index contributed by atoms with van der Waals surface area (Å²) in [5.74, 6) is -0.0320. The van der Waals surface area contributed by atoms with Gasteiger partial charge in [-0.1, -0.05) is 0 Å². The lowest BCUT2D eigenvalue weighted by atomic mass is 9.90. The number of hydrogen-bond donors (Lipinski definition) is 1. The number of nitrogens with two attached hydrogens (primary N) is 1. The topological polar surface area (TPSA) is 61.5 Å². The van der Waals surface area contributed by atoms with Crippen LogP contribution in [0.3, 0.4) is 0 Å². The van der Waals surface area contributed by atoms with Crippen molar-refractivity contribution in [3.63, 3.8) is 0 Å². The first-order valence-corrected chi connectivity index (χ1v) is 8.65. The standard InChI is InChI=1S/C21H26FNO3/c1-6-26-19(24)11-18(23)17-10-15(7-14(4)21(17)22)20-12(2)8-16(25-5)9-13(20)3/h7-10,18H,6,11,23H2,1-5H3/t18-/m0/s1. The minimum atomic E-state index is -0.758. The van der Waals surface area contributed by atoms with Crippen LogP contribution < -0.4 is 10.5 Å². The molecule has 0 fully saturated rings. The minimum Gasteiger partial charge on any atom is -0.497 e. The molecule has 0 aliphatic rings. The molecule has 2 rings (SSSR count). The van der Waals surface area contributed by atoms with E-state index in [9.17, 15) is 9.18 Å². The fourth-order valence-electron chi connectivity index (χ4n) is 3.22. The highest BCUT2D eigenvalue weighted by atomic mass is 19.1. The molecule has 4 nitrogen and oxygen atoms in total. The van der Waals surface area contributed by atoms with Gasteiger partial charge in [-0.25, -0.2) is 4.39 Å². The molecule has 0 unspecified atom stereocenters. The number of rotatable bonds is 6. The fraction of sp³-hybridized carbons (Fsp3) is 0.381. The summed E-state index contributed by atoms with van der Waals surface area (Å²) in [6.07, 6.45) is -0.0613. The number of ether oxygens (including phenoxy) is 2. The zero-order valence-corrected chi connectivity index (χ0v) is 16.0. The third-order valence-electron chi connectivity index (χ3n) is 4.40. The van der Waals surface area contributed by atoms with E-state index in [4.69, 9.17) is 15.2 Å². The molecule has 0 amide bonds. The molecule has 2 N–H and O–H groups in total. The first-order chi connectivity index (χ1) is 12.3. The third kappa shape index (κ3) is 4.22. The van der Waals surface area contributed by atoms with E-state index in [0.717, 1.165) is 28.0 Å². The molecule has 0 heterocycles. The first kappa shape index (κ1) is 19.9. The van der Waals surface area contributed by atoms with Crippen LogP contribution in [0.5, 0.6) is 5.75 Å². The summed E-state index contributed by atoms with van der Waals surface area (Å²) in [6, 6.07) is 6.66. The maximum Gasteiger partial charge on any atom is 0.307 e. The number of hydrogen-bond acceptors (Lipinski definition) is 4. The van der Waals surface area contributed by atoms with E-state index in [-0.39, 0.29) is 18.8 Å². The molecule has 26 heavy (non-hydrogen) atoms. The molecule has 0 spiro atoms. The van der Waals surface area contributed by atoms with E-state index < -0.39 is 12.0 Å². The maximum absolute atomic E-state index is 14.7. The Morgan fingerprint density at radius 3 is 2.27 bits per heavy atom. The van der Waals surface area contributed by atoms with E-state index in [0.29, 0.717) is 11.1 Å². The average molecular weight is 359 g/mol. The normalized spacial score (nSPS) is 12.0. The summed E-state index contributed by atoms with van der Waals surface area (Å²) in [5, 5.41) is 0. The molecular weight excluding hydrogens is 333 g/mol. The Bertz CT molecular complexity index is 794. The summed E-state index contributed by atoms with van der Waals surface area (Å²) in [4.78, 5) is 11.7. The summed E-state index contributed by atoms with van der Waals surface area (Å²) in [7, 11) is 1.63. The zero-order valence-electron chi connectivity index (χ0n) is 16.0. The smallest absolute Gasteiger partial charge is 0.307 e. The number of halogens is 1. The van der Waals surface area contributed by atoms with Crippen molar-refractivity contribution in [2.24, 2.45) is 5.73 Å². The molecule has 5 heteroatoms. The van der Waals surface area contributed by atoms with Crippen molar-refractivity contribution in [3.8, 4) is 16.9 Å². The van der Waals surface area contributed by atoms with Gasteiger partial charge in [0.15, 0.2) is 0 Å². The van der Waals surface area contributed by atoms with Gasteiger partial charge in [0.25, 0.3) is 0 Å². The highest BCUT2D eigenvalue weighted by Gasteiger charge is 2.20. The fourth-order valence-corrected chi connectivity index (χ4v) is 3.22. The number of carbonyl (C=O) groups excluding carboxylic acids is 1. The van der Waals surface area contributed by atoms with Crippen molar-refractivity contribution in [2.75, 3.05) is 13.7 Å². The molecule has 0 radical (unpaired) electrons. The predicted octanol–water partition coefficient (Wildman–Crippen LogP) is 4.38. The Kier molecular flexibility index (Phi) is 6.37. The van der Waals surface area contributed by atoms with E-state index in [1.54, 1.807) is 33.1 Å². The lowest BCUT2D eigenvalue weighted by Gasteiger charge is -2.18. The monoisotopic (exact) mass is 359 g/mol. The van der Waals surface area contributed by atoms with Gasteiger partial charge < -0.3 is 15.2 Å². The molecule has 0 aliphatic heterocycles. The number of aryl methyl sites for hydroxylation is 3. The second-order valence-electron chi connectivity index (χ2n) is 6.45. The lowest BCUT2D eigenvalue weighted by molar-refractivity contribution is -0.143. The van der Waals surface area contributed by atoms with Crippen molar-refractivity contribution in [2.45, 2.75) is 40.2 Å². The zero-order chi connectivity index (χ0) is 19.4. The minimum absolute atomic E-state index is 0.0613. The van der Waals surface area contributed by atoms with Crippen molar-refractivity contribution < 1.29 is 18.7 Å². The Morgan fingerprint density at radius 1 is 1.12 bits per heavy atom. The van der Waals surface area contributed by atoms with Crippen LogP contribution >= 0.6 is 0 Å². The Morgan fingerprint density at radius 2 is 1.73 bits per heavy atom. The summed E-state index contributed by atoms with van der Waals surface area (Å²) in [6.45, 7) is 7.68. The summed E-state index contributed by atoms with van der Waals surface area (Å²) in [5.41, 5.74) is 10.9. The van der Waals surface area contributed by atoms with Crippen LogP contribution in [0.25, 0.3) is 11.1 Å². The second kappa shape index (κ2) is 8.32. The van der Waals surface area contributed by atoms with E-state index >= 15 is 0 Å². The number of esters is 1. The van der Waals surface area contributed by atoms with Crippen LogP contribution in [-0.4, -0.2) is 19.7 Å². The highest BCUT2D eigenvalue weighted by molar-refractivity contribution is 5.74. The second-order valence-corrected chi connectivity index (χ2v) is 6.45. The van der Waals surface area contributed by atoms with Crippen LogP contribution in [0.4, 0.5) is 4.39 Å². The van der Waals surface area contributed by atoms with Gasteiger partial charge >= 0.3 is 5.97 Å². The Hall–Kier alpha value is -2.40. The molecule has 2 aromatic carbocycles. The van der Waals surface area contributed by atoms with Crippen LogP contribution in [-0.2, 0) is 9.53 Å². The highest BCUT2D eigenvalue weighted by Crippen LogP contribution is 2.34. The van der Waals surface area contributed by atoms with Crippen molar-refractivity contribution in [3.05, 3.63) is 52.3 Å². The molecule has 2 aromatic rings. The molecule has 0 saturated heterocycles. The van der Waals surface area contributed by atoms with Crippen molar-refractivity contribution >= 4 is 5.97 Å². The molecule has 140 valence electrons. The van der Waals surface area contributed by atoms with Gasteiger partial charge in [-0.3, -0.25) is 4.79 Å². The lowest BCUT2D eigenvalue weighted by Crippen LogP contribution is -2.19. The van der Waals surface area contributed by atoms with Crippen molar-refractivity contribution in [1.82, 2.24) is 0 Å². The van der Waals surface area contributed by atoms with Crippen LogP contribution in [0, 0.1) is 26.6 Å². The van der Waals surface area contributed by atoms with Gasteiger partial charge in [0, 0.05) is 11.6 Å². The average Bonchev–Trinajstić information content (AvgIpc) is 2.57. The maximum atomic E-state index is 14.7. The SMILES string of the molecule is CCOC(=O)C[C@H](N)c1cc(-c2c(C)cc(OC)cc2C)cc(C)c1F. The van der Waals surface area contributed by atoms with Gasteiger partial charge in [0.05, 0.1) is 20.1 Å². The predicted molar refractivity (Wildman–Crippen MR) is 101 cm³/mol. The van der Waals surface area contributed by atoms with Crippen LogP contribution in [0.15, 0.2) is 24.3 Å². The van der Waals surface area contributed by atoms with Crippen LogP contribution in [0.2, 0.25) is 0 Å². The van der Waals surface area contributed by atoms with Gasteiger partial charge in [0.1, 0.15) is 11.6 Å². The van der Waals surface area contributed by atoms with Crippen LogP contribution in [0.1, 0.15) is 41.6 Å². The number of benzene rings is 2. The van der Waals surface area contributed by atoms with Gasteiger partial charge in [-0.15, -0.1) is 0 Å². The Balaban J connectivity index is 2.50. The summed E-state index contributed by atoms with van der Waals surface area (Å²) >= 11 is 0. The van der Waals surface area contributed by atoms with E-state index in [2.05, 4.69) is 0 Å². The molecular formula is C21H26FNO3. The first-order valence-electron chi connectivity index (χ1n) is 8.65. The van der Waals surface area contributed by atoms with Crippen molar-refractivity contribution in [1.29, 1.82) is 0 Å². The molecule has 1 atom stereocenters. The quantitative estimate of drug-likeness (QED) is 0.778. The molecule has 0 aromatic heterocycles. The molecule has 0 saturated carbocycles. The third-order valence-corrected chi connectivity index (χ3v) is 4.40. The summed E-state index contributed by atoms with van der Waals surface area (Å²) < 4.78 is 24.9. The van der Waals surface area contributed by atoms with Gasteiger partial charge in [-0.05, 0) is 79.8 Å². The number of methoxy groups -OCH3 is 1. The van der Waals surface area contributed by atoms with Gasteiger partial charge in [-0.2, -0.15) is 0 Å². The van der Waals surface area contributed by atoms with E-state index in [1.807, 2.05) is 26.0 Å². The molecule has 0 aliphatic carbocycles. The largest absolute Gasteiger partial charge is 0.497 e. The molecule has 0 bridgehead atoms. The van der Waals surface area contributed by atoms with E-state index in [1.165, 1.54) is 0 Å².